The first-order valence-electron chi connectivity index (χ1n) is 13.0. The van der Waals surface area contributed by atoms with Crippen LogP contribution in [0.15, 0.2) is 48.5 Å². The number of ether oxygens (including phenoxy) is 6. The largest absolute Gasteiger partial charge is 0.502 e. The van der Waals surface area contributed by atoms with Gasteiger partial charge in [-0.3, -0.25) is 4.79 Å². The summed E-state index contributed by atoms with van der Waals surface area (Å²) in [6.45, 7) is 2.38. The minimum Gasteiger partial charge on any atom is -0.502 e. The monoisotopic (exact) mass is 547 g/mol. The fraction of sp³-hybridized carbons (Fsp3) is 0.333. The van der Waals surface area contributed by atoms with Crippen LogP contribution in [0.25, 0.3) is 0 Å². The highest BCUT2D eigenvalue weighted by Gasteiger charge is 2.52. The van der Waals surface area contributed by atoms with E-state index in [9.17, 15) is 14.7 Å². The highest BCUT2D eigenvalue weighted by Crippen LogP contribution is 2.56. The zero-order chi connectivity index (χ0) is 28.0. The van der Waals surface area contributed by atoms with Crippen LogP contribution in [0, 0.1) is 11.8 Å². The van der Waals surface area contributed by atoms with Crippen molar-refractivity contribution in [2.75, 3.05) is 39.5 Å². The van der Waals surface area contributed by atoms with E-state index in [0.29, 0.717) is 23.7 Å². The molecule has 208 valence electrons. The Morgan fingerprint density at radius 1 is 0.975 bits per heavy atom. The van der Waals surface area contributed by atoms with Gasteiger partial charge in [0, 0.05) is 17.5 Å². The Morgan fingerprint density at radius 3 is 2.25 bits per heavy atom. The Kier molecular flexibility index (Phi) is 6.53. The number of aromatic hydroxyl groups is 1. The highest BCUT2D eigenvalue weighted by atomic mass is 16.7. The van der Waals surface area contributed by atoms with E-state index in [1.165, 1.54) is 14.2 Å². The van der Waals surface area contributed by atoms with E-state index in [1.54, 1.807) is 31.2 Å². The van der Waals surface area contributed by atoms with Crippen molar-refractivity contribution in [3.8, 4) is 28.7 Å². The van der Waals surface area contributed by atoms with Crippen molar-refractivity contribution in [1.82, 2.24) is 0 Å². The molecule has 3 aliphatic rings. The molecule has 40 heavy (non-hydrogen) atoms. The van der Waals surface area contributed by atoms with Crippen molar-refractivity contribution < 1.29 is 43.1 Å². The number of rotatable bonds is 7. The summed E-state index contributed by atoms with van der Waals surface area (Å²) in [5.74, 6) is -0.345. The Morgan fingerprint density at radius 2 is 1.62 bits per heavy atom. The summed E-state index contributed by atoms with van der Waals surface area (Å²) in [4.78, 5) is 25.5. The number of fused-ring (bicyclic) bond motifs is 3. The third-order valence-corrected chi connectivity index (χ3v) is 7.77. The standard InChI is InChI=1S/C30H29NO9/c1-4-37-29(33)15-5-7-17(8-6-15)31-27-19-12-22-21(39-14-40-22)11-18(19)25(26-20(27)13-38-30(26)34)16-9-23(35-2)28(32)24(10-16)36-3/h5-12,20,25-27,31-32H,4,13-14H2,1-3H3/t20?,25-,26?,27-/m0/s1. The number of phenols is 1. The molecule has 2 aliphatic heterocycles. The van der Waals surface area contributed by atoms with Crippen molar-refractivity contribution in [1.29, 1.82) is 0 Å². The number of esters is 2. The lowest BCUT2D eigenvalue weighted by atomic mass is 9.65. The quantitative estimate of drug-likeness (QED) is 0.412. The van der Waals surface area contributed by atoms with Gasteiger partial charge in [0.05, 0.1) is 45.0 Å². The molecule has 0 amide bonds. The van der Waals surface area contributed by atoms with Gasteiger partial charge in [0.1, 0.15) is 0 Å². The van der Waals surface area contributed by atoms with Crippen LogP contribution < -0.4 is 24.3 Å². The molecule has 1 fully saturated rings. The van der Waals surface area contributed by atoms with E-state index >= 15 is 0 Å². The molecule has 6 rings (SSSR count). The molecule has 0 aromatic heterocycles. The van der Waals surface area contributed by atoms with E-state index < -0.39 is 11.8 Å². The molecule has 0 spiro atoms. The Labute approximate surface area is 230 Å². The number of carbonyl (C=O) groups excluding carboxylic acids is 2. The van der Waals surface area contributed by atoms with Gasteiger partial charge < -0.3 is 38.8 Å². The van der Waals surface area contributed by atoms with E-state index in [0.717, 1.165) is 22.4 Å². The van der Waals surface area contributed by atoms with E-state index in [4.69, 9.17) is 28.4 Å². The number of carbonyl (C=O) groups is 2. The van der Waals surface area contributed by atoms with E-state index in [1.807, 2.05) is 24.3 Å². The Balaban J connectivity index is 1.47. The van der Waals surface area contributed by atoms with Gasteiger partial charge in [-0.1, -0.05) is 0 Å². The number of hydrogen-bond acceptors (Lipinski definition) is 10. The average molecular weight is 548 g/mol. The van der Waals surface area contributed by atoms with E-state index in [-0.39, 0.29) is 54.5 Å². The summed E-state index contributed by atoms with van der Waals surface area (Å²) in [7, 11) is 2.93. The summed E-state index contributed by atoms with van der Waals surface area (Å²) < 4.78 is 33.0. The molecular weight excluding hydrogens is 518 g/mol. The maximum absolute atomic E-state index is 13.3. The predicted molar refractivity (Wildman–Crippen MR) is 142 cm³/mol. The van der Waals surface area contributed by atoms with Crippen molar-refractivity contribution in [3.05, 3.63) is 70.8 Å². The molecule has 4 atom stereocenters. The smallest absolute Gasteiger partial charge is 0.338 e. The fourth-order valence-corrected chi connectivity index (χ4v) is 5.94. The first-order valence-corrected chi connectivity index (χ1v) is 13.0. The summed E-state index contributed by atoms with van der Waals surface area (Å²) in [6.07, 6.45) is 0. The van der Waals surface area contributed by atoms with Gasteiger partial charge in [-0.25, -0.2) is 4.79 Å². The van der Waals surface area contributed by atoms with Crippen LogP contribution in [-0.4, -0.2) is 51.3 Å². The normalized spacial score (nSPS) is 22.1. The van der Waals surface area contributed by atoms with Crippen LogP contribution in [0.1, 0.15) is 45.9 Å². The summed E-state index contributed by atoms with van der Waals surface area (Å²) in [5.41, 5.74) is 3.74. The number of nitrogens with one attached hydrogen (secondary N) is 1. The minimum absolute atomic E-state index is 0.103. The van der Waals surface area contributed by atoms with E-state index in [2.05, 4.69) is 5.32 Å². The fourth-order valence-electron chi connectivity index (χ4n) is 5.94. The second-order valence-electron chi connectivity index (χ2n) is 9.83. The number of anilines is 1. The molecule has 1 saturated heterocycles. The van der Waals surface area contributed by atoms with Crippen molar-refractivity contribution in [2.24, 2.45) is 11.8 Å². The maximum atomic E-state index is 13.3. The van der Waals surface area contributed by atoms with Crippen molar-refractivity contribution >= 4 is 17.6 Å². The Bertz CT molecular complexity index is 1440. The molecule has 3 aromatic carbocycles. The van der Waals surface area contributed by atoms with Gasteiger partial charge in [0.15, 0.2) is 23.0 Å². The third kappa shape index (κ3) is 4.20. The first kappa shape index (κ1) is 25.7. The molecule has 0 bridgehead atoms. The third-order valence-electron chi connectivity index (χ3n) is 7.77. The molecule has 2 N–H and O–H groups in total. The predicted octanol–water partition coefficient (Wildman–Crippen LogP) is 4.40. The zero-order valence-corrected chi connectivity index (χ0v) is 22.3. The number of methoxy groups -OCH3 is 2. The molecule has 2 heterocycles. The number of benzene rings is 3. The van der Waals surface area contributed by atoms with Crippen molar-refractivity contribution in [2.45, 2.75) is 18.9 Å². The van der Waals surface area contributed by atoms with Gasteiger partial charge in [-0.05, 0) is 72.1 Å². The highest BCUT2D eigenvalue weighted by molar-refractivity contribution is 5.89. The lowest BCUT2D eigenvalue weighted by Crippen LogP contribution is -2.37. The Hall–Kier alpha value is -4.60. The molecule has 1 aliphatic carbocycles. The average Bonchev–Trinajstić information content (AvgIpc) is 3.59. The SMILES string of the molecule is CCOC(=O)c1ccc(N[C@H]2c3cc4c(cc3[C@H](c3cc(OC)c(O)c(OC)c3)C3C(=O)OCC32)OCO4)cc1. The van der Waals surface area contributed by atoms with Gasteiger partial charge in [0.2, 0.25) is 12.5 Å². The van der Waals surface area contributed by atoms with Gasteiger partial charge >= 0.3 is 11.9 Å². The number of cyclic esters (lactones) is 1. The van der Waals surface area contributed by atoms with Crippen LogP contribution in [0.3, 0.4) is 0 Å². The molecule has 10 nitrogen and oxygen atoms in total. The molecule has 3 aromatic rings. The van der Waals surface area contributed by atoms with Gasteiger partial charge in [0.25, 0.3) is 0 Å². The summed E-state index contributed by atoms with van der Waals surface area (Å²) >= 11 is 0. The van der Waals surface area contributed by atoms with Gasteiger partial charge in [-0.15, -0.1) is 0 Å². The first-order chi connectivity index (χ1) is 19.4. The second-order valence-corrected chi connectivity index (χ2v) is 9.83. The minimum atomic E-state index is -0.539. The topological polar surface area (TPSA) is 122 Å². The number of phenolic OH excluding ortho intramolecular Hbond substituents is 1. The molecule has 0 radical (unpaired) electrons. The van der Waals surface area contributed by atoms with Crippen LogP contribution in [0.5, 0.6) is 28.7 Å². The van der Waals surface area contributed by atoms with Gasteiger partial charge in [-0.2, -0.15) is 0 Å². The summed E-state index contributed by atoms with van der Waals surface area (Å²) in [5, 5.41) is 14.1. The molecule has 2 unspecified atom stereocenters. The van der Waals surface area contributed by atoms with Crippen LogP contribution in [-0.2, 0) is 14.3 Å². The maximum Gasteiger partial charge on any atom is 0.338 e. The zero-order valence-electron chi connectivity index (χ0n) is 22.3. The number of hydrogen-bond donors (Lipinski definition) is 2. The van der Waals surface area contributed by atoms with Crippen LogP contribution in [0.2, 0.25) is 0 Å². The van der Waals surface area contributed by atoms with Crippen LogP contribution >= 0.6 is 0 Å². The second kappa shape index (κ2) is 10.2. The van der Waals surface area contributed by atoms with Crippen LogP contribution in [0.4, 0.5) is 5.69 Å². The lowest BCUT2D eigenvalue weighted by Gasteiger charge is -2.40. The molecular formula is C30H29NO9. The lowest BCUT2D eigenvalue weighted by molar-refractivity contribution is -0.141. The van der Waals surface area contributed by atoms with Crippen molar-refractivity contribution in [3.63, 3.8) is 0 Å². The molecule has 10 heteroatoms. The summed E-state index contributed by atoms with van der Waals surface area (Å²) in [6, 6.07) is 14.0. The molecule has 0 saturated carbocycles.